The lowest BCUT2D eigenvalue weighted by molar-refractivity contribution is 0.0995. The number of carbonyl (C=O) groups excluding carboxylic acids is 1. The molecule has 4 heteroatoms. The van der Waals surface area contributed by atoms with Crippen LogP contribution < -0.4 is 5.73 Å². The lowest BCUT2D eigenvalue weighted by Crippen LogP contribution is -2.14. The molecule has 3 aromatic rings. The van der Waals surface area contributed by atoms with Crippen LogP contribution in [0.2, 0.25) is 0 Å². The van der Waals surface area contributed by atoms with Gasteiger partial charge in [-0.2, -0.15) is 0 Å². The van der Waals surface area contributed by atoms with Crippen molar-refractivity contribution >= 4 is 5.91 Å². The summed E-state index contributed by atoms with van der Waals surface area (Å²) < 4.78 is 0. The Morgan fingerprint density at radius 1 is 0.810 bits per heavy atom. The van der Waals surface area contributed by atoms with Crippen molar-refractivity contribution in [2.45, 2.75) is 0 Å². The molecule has 0 atom stereocenters. The Kier molecular flexibility index (Phi) is 3.43. The second kappa shape index (κ2) is 5.54. The van der Waals surface area contributed by atoms with Crippen LogP contribution in [-0.2, 0) is 0 Å². The molecule has 0 aliphatic heterocycles. The largest absolute Gasteiger partial charge is 0.364 e. The van der Waals surface area contributed by atoms with E-state index in [9.17, 15) is 4.79 Å². The van der Waals surface area contributed by atoms with E-state index in [-0.39, 0.29) is 5.69 Å². The standard InChI is InChI=1S/C17H13N3O/c18-17(21)14-11-19-15(12-7-3-1-4-8-12)16(20-14)13-9-5-2-6-10-13/h1-11H,(H2,18,21). The lowest BCUT2D eigenvalue weighted by Gasteiger charge is -2.09. The molecule has 3 rings (SSSR count). The first kappa shape index (κ1) is 13.0. The first-order chi connectivity index (χ1) is 10.3. The van der Waals surface area contributed by atoms with Crippen molar-refractivity contribution in [3.63, 3.8) is 0 Å². The molecule has 0 unspecified atom stereocenters. The Labute approximate surface area is 122 Å². The number of nitrogens with two attached hydrogens (primary N) is 1. The predicted octanol–water partition coefficient (Wildman–Crippen LogP) is 2.91. The number of carbonyl (C=O) groups is 1. The van der Waals surface area contributed by atoms with Gasteiger partial charge in [0.2, 0.25) is 0 Å². The maximum Gasteiger partial charge on any atom is 0.268 e. The molecule has 0 saturated carbocycles. The van der Waals surface area contributed by atoms with Gasteiger partial charge in [-0.05, 0) is 0 Å². The zero-order valence-electron chi connectivity index (χ0n) is 11.2. The third-order valence-corrected chi connectivity index (χ3v) is 3.12. The van der Waals surface area contributed by atoms with E-state index < -0.39 is 5.91 Å². The molecule has 0 fully saturated rings. The molecule has 2 N–H and O–H groups in total. The highest BCUT2D eigenvalue weighted by molar-refractivity contribution is 5.92. The van der Waals surface area contributed by atoms with E-state index in [0.29, 0.717) is 5.69 Å². The fraction of sp³-hybridized carbons (Fsp3) is 0. The van der Waals surface area contributed by atoms with Crippen LogP contribution in [0.3, 0.4) is 0 Å². The van der Waals surface area contributed by atoms with Gasteiger partial charge < -0.3 is 5.73 Å². The molecule has 0 saturated heterocycles. The maximum atomic E-state index is 11.4. The van der Waals surface area contributed by atoms with Gasteiger partial charge in [0, 0.05) is 11.1 Å². The molecule has 4 nitrogen and oxygen atoms in total. The fourth-order valence-corrected chi connectivity index (χ4v) is 2.11. The summed E-state index contributed by atoms with van der Waals surface area (Å²) in [4.78, 5) is 20.1. The molecule has 1 heterocycles. The monoisotopic (exact) mass is 275 g/mol. The Balaban J connectivity index is 2.23. The summed E-state index contributed by atoms with van der Waals surface area (Å²) in [5.74, 6) is -0.584. The zero-order valence-corrected chi connectivity index (χ0v) is 11.2. The summed E-state index contributed by atoms with van der Waals surface area (Å²) in [7, 11) is 0. The van der Waals surface area contributed by atoms with Crippen molar-refractivity contribution < 1.29 is 4.79 Å². The quantitative estimate of drug-likeness (QED) is 0.799. The number of amides is 1. The van der Waals surface area contributed by atoms with Gasteiger partial charge in [-0.1, -0.05) is 60.7 Å². The SMILES string of the molecule is NC(=O)c1cnc(-c2ccccc2)c(-c2ccccc2)n1. The number of benzene rings is 2. The van der Waals surface area contributed by atoms with Crippen molar-refractivity contribution in [2.75, 3.05) is 0 Å². The smallest absolute Gasteiger partial charge is 0.268 e. The lowest BCUT2D eigenvalue weighted by atomic mass is 10.0. The van der Waals surface area contributed by atoms with Crippen molar-refractivity contribution in [2.24, 2.45) is 5.73 Å². The summed E-state index contributed by atoms with van der Waals surface area (Å²) >= 11 is 0. The topological polar surface area (TPSA) is 68.9 Å². The molecule has 0 spiro atoms. The molecule has 1 amide bonds. The second-order valence-electron chi connectivity index (χ2n) is 4.55. The second-order valence-corrected chi connectivity index (χ2v) is 4.55. The van der Waals surface area contributed by atoms with Gasteiger partial charge >= 0.3 is 0 Å². The Morgan fingerprint density at radius 2 is 1.33 bits per heavy atom. The summed E-state index contributed by atoms with van der Waals surface area (Å²) in [6, 6.07) is 19.4. The Bertz CT molecular complexity index is 771. The number of nitrogens with zero attached hydrogens (tertiary/aromatic N) is 2. The van der Waals surface area contributed by atoms with E-state index in [1.54, 1.807) is 0 Å². The summed E-state index contributed by atoms with van der Waals surface area (Å²) in [6.07, 6.45) is 1.41. The molecule has 0 bridgehead atoms. The minimum atomic E-state index is -0.584. The van der Waals surface area contributed by atoms with Crippen LogP contribution >= 0.6 is 0 Å². The molecule has 0 aliphatic carbocycles. The highest BCUT2D eigenvalue weighted by Gasteiger charge is 2.13. The molecule has 2 aromatic carbocycles. The van der Waals surface area contributed by atoms with Gasteiger partial charge in [0.05, 0.1) is 17.6 Å². The van der Waals surface area contributed by atoms with Crippen LogP contribution in [0.25, 0.3) is 22.5 Å². The Morgan fingerprint density at radius 3 is 1.86 bits per heavy atom. The third kappa shape index (κ3) is 2.65. The number of hydrogen-bond acceptors (Lipinski definition) is 3. The van der Waals surface area contributed by atoms with E-state index in [4.69, 9.17) is 5.73 Å². The molecule has 0 aliphatic rings. The fourth-order valence-electron chi connectivity index (χ4n) is 2.11. The Hall–Kier alpha value is -3.01. The molecule has 21 heavy (non-hydrogen) atoms. The van der Waals surface area contributed by atoms with E-state index >= 15 is 0 Å². The van der Waals surface area contributed by atoms with E-state index in [2.05, 4.69) is 9.97 Å². The highest BCUT2D eigenvalue weighted by atomic mass is 16.1. The van der Waals surface area contributed by atoms with Crippen LogP contribution in [0.15, 0.2) is 66.9 Å². The molecular formula is C17H13N3O. The summed E-state index contributed by atoms with van der Waals surface area (Å²) in [6.45, 7) is 0. The highest BCUT2D eigenvalue weighted by Crippen LogP contribution is 2.28. The van der Waals surface area contributed by atoms with Gasteiger partial charge in [-0.3, -0.25) is 9.78 Å². The van der Waals surface area contributed by atoms with Crippen LogP contribution in [0.5, 0.6) is 0 Å². The zero-order chi connectivity index (χ0) is 14.7. The van der Waals surface area contributed by atoms with Crippen LogP contribution in [0.1, 0.15) is 10.5 Å². The molecule has 102 valence electrons. The van der Waals surface area contributed by atoms with Crippen molar-refractivity contribution in [3.8, 4) is 22.5 Å². The minimum Gasteiger partial charge on any atom is -0.364 e. The number of aromatic nitrogens is 2. The van der Waals surface area contributed by atoms with Crippen molar-refractivity contribution in [3.05, 3.63) is 72.6 Å². The number of primary amides is 1. The molecular weight excluding hydrogens is 262 g/mol. The van der Waals surface area contributed by atoms with Gasteiger partial charge in [-0.15, -0.1) is 0 Å². The maximum absolute atomic E-state index is 11.4. The third-order valence-electron chi connectivity index (χ3n) is 3.12. The van der Waals surface area contributed by atoms with Gasteiger partial charge in [-0.25, -0.2) is 4.98 Å². The summed E-state index contributed by atoms with van der Waals surface area (Å²) in [5, 5.41) is 0. The van der Waals surface area contributed by atoms with Crippen molar-refractivity contribution in [1.82, 2.24) is 9.97 Å². The van der Waals surface area contributed by atoms with E-state index in [0.717, 1.165) is 16.8 Å². The van der Waals surface area contributed by atoms with Crippen LogP contribution in [0.4, 0.5) is 0 Å². The van der Waals surface area contributed by atoms with Gasteiger partial charge in [0.25, 0.3) is 5.91 Å². The van der Waals surface area contributed by atoms with Gasteiger partial charge in [0.15, 0.2) is 0 Å². The predicted molar refractivity (Wildman–Crippen MR) is 81.4 cm³/mol. The minimum absolute atomic E-state index is 0.161. The van der Waals surface area contributed by atoms with E-state index in [1.165, 1.54) is 6.20 Å². The van der Waals surface area contributed by atoms with Crippen LogP contribution in [0, 0.1) is 0 Å². The molecule has 1 aromatic heterocycles. The first-order valence-electron chi connectivity index (χ1n) is 6.53. The van der Waals surface area contributed by atoms with Gasteiger partial charge in [0.1, 0.15) is 5.69 Å². The van der Waals surface area contributed by atoms with Crippen molar-refractivity contribution in [1.29, 1.82) is 0 Å². The number of hydrogen-bond donors (Lipinski definition) is 1. The van der Waals surface area contributed by atoms with Crippen LogP contribution in [-0.4, -0.2) is 15.9 Å². The average molecular weight is 275 g/mol. The summed E-state index contributed by atoms with van der Waals surface area (Å²) in [5.41, 5.74) is 8.69. The normalized spacial score (nSPS) is 10.3. The average Bonchev–Trinajstić information content (AvgIpc) is 2.56. The first-order valence-corrected chi connectivity index (χ1v) is 6.53. The van der Waals surface area contributed by atoms with E-state index in [1.807, 2.05) is 60.7 Å². The number of rotatable bonds is 3. The molecule has 0 radical (unpaired) electrons.